The molecule has 0 bridgehead atoms. The average Bonchev–Trinajstić information content (AvgIpc) is 3.08. The first kappa shape index (κ1) is 14.9. The van der Waals surface area contributed by atoms with Crippen LogP contribution >= 0.6 is 11.3 Å². The van der Waals surface area contributed by atoms with Crippen molar-refractivity contribution in [3.8, 4) is 0 Å². The fraction of sp³-hybridized carbons (Fsp3) is 0.714. The number of hydrogen-bond donors (Lipinski definition) is 2. The van der Waals surface area contributed by atoms with Crippen molar-refractivity contribution < 1.29 is 9.90 Å². The number of hydrogen-bond acceptors (Lipinski definition) is 6. The molecule has 1 aromatic heterocycles. The van der Waals surface area contributed by atoms with Crippen LogP contribution < -0.4 is 5.32 Å². The number of piperazine rings is 1. The van der Waals surface area contributed by atoms with Gasteiger partial charge in [-0.1, -0.05) is 0 Å². The number of amides is 1. The summed E-state index contributed by atoms with van der Waals surface area (Å²) in [5, 5.41) is 15.8. The molecule has 3 heterocycles. The SMILES string of the molecule is Cc1nc(CN2CCN(C(=O)C3CC(O)CN3)CC2)cs1. The normalized spacial score (nSPS) is 27.2. The second-order valence-electron chi connectivity index (χ2n) is 5.81. The summed E-state index contributed by atoms with van der Waals surface area (Å²) in [5.74, 6) is 0.135. The van der Waals surface area contributed by atoms with Gasteiger partial charge in [0.15, 0.2) is 0 Å². The first-order valence-electron chi connectivity index (χ1n) is 7.45. The van der Waals surface area contributed by atoms with E-state index in [0.717, 1.165) is 43.4 Å². The zero-order chi connectivity index (χ0) is 14.8. The van der Waals surface area contributed by atoms with Crippen molar-refractivity contribution in [1.29, 1.82) is 0 Å². The summed E-state index contributed by atoms with van der Waals surface area (Å²) in [7, 11) is 0. The zero-order valence-corrected chi connectivity index (χ0v) is 13.1. The predicted octanol–water partition coefficient (Wildman–Crippen LogP) is -0.181. The van der Waals surface area contributed by atoms with Crippen LogP contribution in [0.25, 0.3) is 0 Å². The number of thiazole rings is 1. The van der Waals surface area contributed by atoms with E-state index in [0.29, 0.717) is 13.0 Å². The van der Waals surface area contributed by atoms with Gasteiger partial charge in [-0.05, 0) is 13.3 Å². The van der Waals surface area contributed by atoms with Crippen molar-refractivity contribution in [1.82, 2.24) is 20.1 Å². The van der Waals surface area contributed by atoms with Gasteiger partial charge in [-0.2, -0.15) is 0 Å². The summed E-state index contributed by atoms with van der Waals surface area (Å²) in [4.78, 5) is 21.1. The van der Waals surface area contributed by atoms with E-state index in [-0.39, 0.29) is 18.1 Å². The minimum absolute atomic E-state index is 0.135. The maximum absolute atomic E-state index is 12.3. The summed E-state index contributed by atoms with van der Waals surface area (Å²) < 4.78 is 0. The molecular formula is C14H22N4O2S. The highest BCUT2D eigenvalue weighted by Gasteiger charge is 2.32. The lowest BCUT2D eigenvalue weighted by Crippen LogP contribution is -2.52. The monoisotopic (exact) mass is 310 g/mol. The Hall–Kier alpha value is -1.02. The molecule has 2 aliphatic rings. The van der Waals surface area contributed by atoms with E-state index in [1.165, 1.54) is 0 Å². The molecule has 3 rings (SSSR count). The maximum atomic E-state index is 12.3. The number of β-amino-alcohol motifs (C(OH)–C–C–N with tert-alkyl or cyclic N) is 1. The molecule has 1 aromatic rings. The van der Waals surface area contributed by atoms with E-state index in [9.17, 15) is 9.90 Å². The molecule has 0 spiro atoms. The van der Waals surface area contributed by atoms with Gasteiger partial charge < -0.3 is 15.3 Å². The van der Waals surface area contributed by atoms with E-state index in [1.54, 1.807) is 11.3 Å². The number of rotatable bonds is 3. The molecule has 1 amide bonds. The number of nitrogens with zero attached hydrogens (tertiary/aromatic N) is 3. The first-order valence-corrected chi connectivity index (χ1v) is 8.33. The van der Waals surface area contributed by atoms with Crippen LogP contribution in [-0.2, 0) is 11.3 Å². The minimum atomic E-state index is -0.381. The molecule has 2 atom stereocenters. The van der Waals surface area contributed by atoms with E-state index in [4.69, 9.17) is 0 Å². The number of aliphatic hydroxyl groups is 1. The molecule has 6 nitrogen and oxygen atoms in total. The number of carbonyl (C=O) groups excluding carboxylic acids is 1. The summed E-state index contributed by atoms with van der Waals surface area (Å²) in [6.45, 7) is 6.71. The fourth-order valence-corrected chi connectivity index (χ4v) is 3.57. The lowest BCUT2D eigenvalue weighted by molar-refractivity contribution is -0.135. The highest BCUT2D eigenvalue weighted by molar-refractivity contribution is 7.09. The molecule has 2 unspecified atom stereocenters. The number of aromatic nitrogens is 1. The fourth-order valence-electron chi connectivity index (χ4n) is 2.96. The van der Waals surface area contributed by atoms with E-state index < -0.39 is 0 Å². The molecular weight excluding hydrogens is 288 g/mol. The van der Waals surface area contributed by atoms with Gasteiger partial charge in [0, 0.05) is 44.6 Å². The number of carbonyl (C=O) groups is 1. The van der Waals surface area contributed by atoms with E-state index in [1.807, 2.05) is 11.8 Å². The topological polar surface area (TPSA) is 68.7 Å². The van der Waals surface area contributed by atoms with Crippen LogP contribution in [0.1, 0.15) is 17.1 Å². The van der Waals surface area contributed by atoms with E-state index >= 15 is 0 Å². The van der Waals surface area contributed by atoms with Gasteiger partial charge in [-0.3, -0.25) is 9.69 Å². The average molecular weight is 310 g/mol. The highest BCUT2D eigenvalue weighted by atomic mass is 32.1. The van der Waals surface area contributed by atoms with Crippen LogP contribution in [-0.4, -0.2) is 70.7 Å². The van der Waals surface area contributed by atoms with Crippen LogP contribution in [0, 0.1) is 6.92 Å². The minimum Gasteiger partial charge on any atom is -0.392 e. The van der Waals surface area contributed by atoms with E-state index in [2.05, 4.69) is 20.6 Å². The van der Waals surface area contributed by atoms with Crippen LogP contribution in [0.3, 0.4) is 0 Å². The van der Waals surface area contributed by atoms with Crippen LogP contribution in [0.4, 0.5) is 0 Å². The number of nitrogens with one attached hydrogen (secondary N) is 1. The Morgan fingerprint density at radius 3 is 2.81 bits per heavy atom. The van der Waals surface area contributed by atoms with Gasteiger partial charge in [0.05, 0.1) is 22.8 Å². The Labute approximate surface area is 128 Å². The zero-order valence-electron chi connectivity index (χ0n) is 12.3. The molecule has 0 saturated carbocycles. The lowest BCUT2D eigenvalue weighted by Gasteiger charge is -2.35. The molecule has 116 valence electrons. The molecule has 0 aromatic carbocycles. The third kappa shape index (κ3) is 3.60. The molecule has 2 saturated heterocycles. The Bertz CT molecular complexity index is 499. The third-order valence-corrected chi connectivity index (χ3v) is 4.96. The molecule has 0 radical (unpaired) electrons. The van der Waals surface area contributed by atoms with Crippen molar-refractivity contribution in [3.05, 3.63) is 16.1 Å². The predicted molar refractivity (Wildman–Crippen MR) is 81.1 cm³/mol. The second kappa shape index (κ2) is 6.39. The van der Waals surface area contributed by atoms with Crippen molar-refractivity contribution in [3.63, 3.8) is 0 Å². The molecule has 2 N–H and O–H groups in total. The van der Waals surface area contributed by atoms with Gasteiger partial charge >= 0.3 is 0 Å². The Balaban J connectivity index is 1.47. The van der Waals surface area contributed by atoms with Crippen LogP contribution in [0.2, 0.25) is 0 Å². The lowest BCUT2D eigenvalue weighted by atomic mass is 10.1. The second-order valence-corrected chi connectivity index (χ2v) is 6.87. The van der Waals surface area contributed by atoms with Crippen molar-refractivity contribution in [2.75, 3.05) is 32.7 Å². The van der Waals surface area contributed by atoms with Gasteiger partial charge in [0.2, 0.25) is 5.91 Å². The summed E-state index contributed by atoms with van der Waals surface area (Å²) >= 11 is 1.68. The van der Waals surface area contributed by atoms with Crippen molar-refractivity contribution >= 4 is 17.2 Å². The standard InChI is InChI=1S/C14H22N4O2S/c1-10-16-11(9-21-10)8-17-2-4-18(5-3-17)14(20)13-6-12(19)7-15-13/h9,12-13,15,19H,2-8H2,1H3. The van der Waals surface area contributed by atoms with Gasteiger partial charge in [-0.25, -0.2) is 4.98 Å². The maximum Gasteiger partial charge on any atom is 0.239 e. The Kier molecular flexibility index (Phi) is 4.54. The summed E-state index contributed by atoms with van der Waals surface area (Å²) in [6, 6.07) is -0.201. The van der Waals surface area contributed by atoms with Gasteiger partial charge in [0.25, 0.3) is 0 Å². The first-order chi connectivity index (χ1) is 10.1. The molecule has 21 heavy (non-hydrogen) atoms. The number of aryl methyl sites for hydroxylation is 1. The number of aliphatic hydroxyl groups excluding tert-OH is 1. The molecule has 2 aliphatic heterocycles. The Morgan fingerprint density at radius 1 is 1.48 bits per heavy atom. The van der Waals surface area contributed by atoms with Gasteiger partial charge in [0.1, 0.15) is 0 Å². The van der Waals surface area contributed by atoms with Crippen molar-refractivity contribution in [2.45, 2.75) is 32.0 Å². The highest BCUT2D eigenvalue weighted by Crippen LogP contribution is 2.14. The van der Waals surface area contributed by atoms with Gasteiger partial charge in [-0.15, -0.1) is 11.3 Å². The smallest absolute Gasteiger partial charge is 0.239 e. The van der Waals surface area contributed by atoms with Crippen LogP contribution in [0.5, 0.6) is 0 Å². The summed E-state index contributed by atoms with van der Waals surface area (Å²) in [5.41, 5.74) is 1.12. The third-order valence-electron chi connectivity index (χ3n) is 4.14. The molecule has 7 heteroatoms. The molecule has 2 fully saturated rings. The van der Waals surface area contributed by atoms with Crippen molar-refractivity contribution in [2.24, 2.45) is 0 Å². The quantitative estimate of drug-likeness (QED) is 0.810. The summed E-state index contributed by atoms with van der Waals surface area (Å²) in [6.07, 6.45) is 0.157. The Morgan fingerprint density at radius 2 is 2.24 bits per heavy atom. The van der Waals surface area contributed by atoms with Crippen LogP contribution in [0.15, 0.2) is 5.38 Å². The molecule has 0 aliphatic carbocycles. The largest absolute Gasteiger partial charge is 0.392 e.